The van der Waals surface area contributed by atoms with E-state index in [4.69, 9.17) is 5.73 Å². The van der Waals surface area contributed by atoms with E-state index >= 15 is 0 Å². The van der Waals surface area contributed by atoms with Gasteiger partial charge in [0.1, 0.15) is 0 Å². The second-order valence-electron chi connectivity index (χ2n) is 2.96. The van der Waals surface area contributed by atoms with Gasteiger partial charge in [-0.05, 0) is 17.2 Å². The largest absolute Gasteiger partial charge is 0.321 e. The van der Waals surface area contributed by atoms with Crippen LogP contribution in [0, 0.1) is 10.1 Å². The quantitative estimate of drug-likeness (QED) is 0.522. The molecule has 1 aromatic carbocycles. The number of hydrogen-bond donors (Lipinski definition) is 1. The molecule has 0 bridgehead atoms. The average molecular weight is 176 g/mol. The van der Waals surface area contributed by atoms with E-state index in [2.05, 4.69) is 0 Å². The van der Waals surface area contributed by atoms with Crippen molar-refractivity contribution in [3.8, 4) is 0 Å². The summed E-state index contributed by atoms with van der Waals surface area (Å²) in [6, 6.07) is 4.61. The van der Waals surface area contributed by atoms with Gasteiger partial charge < -0.3 is 5.73 Å². The van der Waals surface area contributed by atoms with E-state index in [1.807, 2.05) is 12.2 Å². The first-order chi connectivity index (χ1) is 6.18. The van der Waals surface area contributed by atoms with E-state index in [1.165, 1.54) is 6.07 Å². The van der Waals surface area contributed by atoms with E-state index < -0.39 is 4.92 Å². The average Bonchev–Trinajstić information content (AvgIpc) is 2.47. The highest BCUT2D eigenvalue weighted by Gasteiger charge is 2.16. The number of hydrogen-bond acceptors (Lipinski definition) is 3. The molecule has 0 aliphatic heterocycles. The minimum absolute atomic E-state index is 0.109. The Hall–Kier alpha value is -1.68. The number of nitro benzene ring substituents is 1. The maximum Gasteiger partial charge on any atom is 0.270 e. The fourth-order valence-corrected chi connectivity index (χ4v) is 1.43. The van der Waals surface area contributed by atoms with Crippen LogP contribution in [0.2, 0.25) is 0 Å². The molecule has 1 unspecified atom stereocenters. The number of fused-ring (bicyclic) bond motifs is 1. The van der Waals surface area contributed by atoms with Gasteiger partial charge in [-0.3, -0.25) is 10.1 Å². The van der Waals surface area contributed by atoms with Crippen molar-refractivity contribution in [1.29, 1.82) is 0 Å². The Morgan fingerprint density at radius 3 is 2.92 bits per heavy atom. The summed E-state index contributed by atoms with van der Waals surface area (Å²) in [5, 5.41) is 10.4. The van der Waals surface area contributed by atoms with Gasteiger partial charge in [-0.15, -0.1) is 0 Å². The Morgan fingerprint density at radius 2 is 2.23 bits per heavy atom. The van der Waals surface area contributed by atoms with Crippen molar-refractivity contribution in [3.05, 3.63) is 45.5 Å². The Balaban J connectivity index is 2.50. The van der Waals surface area contributed by atoms with Gasteiger partial charge >= 0.3 is 0 Å². The van der Waals surface area contributed by atoms with E-state index in [0.29, 0.717) is 0 Å². The highest BCUT2D eigenvalue weighted by Crippen LogP contribution is 2.29. The molecule has 4 heteroatoms. The van der Waals surface area contributed by atoms with Crippen molar-refractivity contribution in [3.63, 3.8) is 0 Å². The SMILES string of the molecule is NC1C=Cc2cc([N+](=O)[O-])ccc21. The van der Waals surface area contributed by atoms with Gasteiger partial charge in [-0.2, -0.15) is 0 Å². The normalized spacial score (nSPS) is 18.7. The zero-order valence-electron chi connectivity index (χ0n) is 6.81. The molecule has 1 aliphatic rings. The first-order valence-corrected chi connectivity index (χ1v) is 3.90. The monoisotopic (exact) mass is 176 g/mol. The zero-order chi connectivity index (χ0) is 9.42. The topological polar surface area (TPSA) is 69.2 Å². The van der Waals surface area contributed by atoms with Crippen molar-refractivity contribution < 1.29 is 4.92 Å². The van der Waals surface area contributed by atoms with Gasteiger partial charge in [0.05, 0.1) is 4.92 Å². The molecule has 0 heterocycles. The fraction of sp³-hybridized carbons (Fsp3) is 0.111. The number of non-ortho nitro benzene ring substituents is 1. The minimum atomic E-state index is -0.405. The van der Waals surface area contributed by atoms with Crippen LogP contribution in [0.1, 0.15) is 17.2 Å². The molecule has 0 fully saturated rings. The molecule has 0 radical (unpaired) electrons. The third kappa shape index (κ3) is 1.21. The van der Waals surface area contributed by atoms with E-state index in [0.717, 1.165) is 11.1 Å². The van der Waals surface area contributed by atoms with Crippen LogP contribution >= 0.6 is 0 Å². The Morgan fingerprint density at radius 1 is 1.46 bits per heavy atom. The van der Waals surface area contributed by atoms with Crippen LogP contribution in [0.15, 0.2) is 24.3 Å². The number of benzene rings is 1. The number of rotatable bonds is 1. The van der Waals surface area contributed by atoms with Crippen molar-refractivity contribution in [2.75, 3.05) is 0 Å². The lowest BCUT2D eigenvalue weighted by Gasteiger charge is -2.03. The van der Waals surface area contributed by atoms with Crippen molar-refractivity contribution >= 4 is 11.8 Å². The number of nitrogens with two attached hydrogens (primary N) is 1. The van der Waals surface area contributed by atoms with Crippen LogP contribution in [0.4, 0.5) is 5.69 Å². The van der Waals surface area contributed by atoms with Crippen LogP contribution < -0.4 is 5.73 Å². The molecule has 2 N–H and O–H groups in total. The summed E-state index contributed by atoms with van der Waals surface area (Å²) in [5.41, 5.74) is 7.62. The van der Waals surface area contributed by atoms with Crippen molar-refractivity contribution in [2.45, 2.75) is 6.04 Å². The standard InChI is InChI=1S/C9H8N2O2/c10-9-4-1-6-5-7(11(12)13)2-3-8(6)9/h1-5,9H,10H2. The van der Waals surface area contributed by atoms with Gasteiger partial charge in [0, 0.05) is 18.2 Å². The number of nitro groups is 1. The smallest absolute Gasteiger partial charge is 0.270 e. The first kappa shape index (κ1) is 7.94. The predicted molar refractivity (Wildman–Crippen MR) is 49.1 cm³/mol. The molecule has 13 heavy (non-hydrogen) atoms. The maximum atomic E-state index is 10.4. The number of nitrogens with zero attached hydrogens (tertiary/aromatic N) is 1. The molecule has 1 atom stereocenters. The molecule has 0 aromatic heterocycles. The molecular formula is C9H8N2O2. The molecule has 2 rings (SSSR count). The van der Waals surface area contributed by atoms with Gasteiger partial charge in [0.2, 0.25) is 0 Å². The van der Waals surface area contributed by atoms with Gasteiger partial charge in [-0.1, -0.05) is 12.2 Å². The molecule has 1 aliphatic carbocycles. The maximum absolute atomic E-state index is 10.4. The highest BCUT2D eigenvalue weighted by atomic mass is 16.6. The molecule has 0 spiro atoms. The van der Waals surface area contributed by atoms with Gasteiger partial charge in [0.15, 0.2) is 0 Å². The molecule has 66 valence electrons. The molecule has 0 amide bonds. The fourth-order valence-electron chi connectivity index (χ4n) is 1.43. The van der Waals surface area contributed by atoms with Crippen LogP contribution in [-0.4, -0.2) is 4.92 Å². The summed E-state index contributed by atoms with van der Waals surface area (Å²) in [5.74, 6) is 0. The van der Waals surface area contributed by atoms with E-state index in [1.54, 1.807) is 12.1 Å². The van der Waals surface area contributed by atoms with Crippen molar-refractivity contribution in [1.82, 2.24) is 0 Å². The van der Waals surface area contributed by atoms with Crippen molar-refractivity contribution in [2.24, 2.45) is 5.73 Å². The lowest BCUT2D eigenvalue weighted by atomic mass is 10.1. The van der Waals surface area contributed by atoms with E-state index in [-0.39, 0.29) is 11.7 Å². The Kier molecular flexibility index (Phi) is 1.63. The van der Waals surface area contributed by atoms with Gasteiger partial charge in [-0.25, -0.2) is 0 Å². The van der Waals surface area contributed by atoms with Crippen LogP contribution in [0.3, 0.4) is 0 Å². The predicted octanol–water partition coefficient (Wildman–Crippen LogP) is 1.62. The third-order valence-electron chi connectivity index (χ3n) is 2.12. The highest BCUT2D eigenvalue weighted by molar-refractivity contribution is 5.64. The molecule has 0 saturated heterocycles. The summed E-state index contributed by atoms with van der Waals surface area (Å²) in [6.07, 6.45) is 3.64. The lowest BCUT2D eigenvalue weighted by Crippen LogP contribution is -2.04. The van der Waals surface area contributed by atoms with E-state index in [9.17, 15) is 10.1 Å². The molecular weight excluding hydrogens is 168 g/mol. The second-order valence-corrected chi connectivity index (χ2v) is 2.96. The zero-order valence-corrected chi connectivity index (χ0v) is 6.81. The minimum Gasteiger partial charge on any atom is -0.321 e. The third-order valence-corrected chi connectivity index (χ3v) is 2.12. The first-order valence-electron chi connectivity index (χ1n) is 3.90. The summed E-state index contributed by atoms with van der Waals surface area (Å²) >= 11 is 0. The Bertz CT molecular complexity index is 399. The van der Waals surface area contributed by atoms with Crippen LogP contribution in [0.5, 0.6) is 0 Å². The Labute approximate surface area is 74.8 Å². The van der Waals surface area contributed by atoms with Gasteiger partial charge in [0.25, 0.3) is 5.69 Å². The lowest BCUT2D eigenvalue weighted by molar-refractivity contribution is -0.384. The summed E-state index contributed by atoms with van der Waals surface area (Å²) in [4.78, 5) is 10.0. The molecule has 1 aromatic rings. The summed E-state index contributed by atoms with van der Waals surface area (Å²) in [6.45, 7) is 0. The summed E-state index contributed by atoms with van der Waals surface area (Å²) in [7, 11) is 0. The molecule has 0 saturated carbocycles. The summed E-state index contributed by atoms with van der Waals surface area (Å²) < 4.78 is 0. The second kappa shape index (κ2) is 2.67. The molecule has 4 nitrogen and oxygen atoms in total. The van der Waals surface area contributed by atoms with Crippen LogP contribution in [-0.2, 0) is 0 Å². The van der Waals surface area contributed by atoms with Crippen LogP contribution in [0.25, 0.3) is 6.08 Å².